The van der Waals surface area contributed by atoms with Gasteiger partial charge in [0.05, 0.1) is 18.9 Å². The van der Waals surface area contributed by atoms with Gasteiger partial charge in [-0.2, -0.15) is 0 Å². The second-order valence-corrected chi connectivity index (χ2v) is 7.01. The van der Waals surface area contributed by atoms with E-state index in [1.54, 1.807) is 0 Å². The zero-order valence-corrected chi connectivity index (χ0v) is 13.7. The lowest BCUT2D eigenvalue weighted by Gasteiger charge is -2.23. The highest BCUT2D eigenvalue weighted by Gasteiger charge is 2.29. The van der Waals surface area contributed by atoms with Crippen molar-refractivity contribution in [2.24, 2.45) is 0 Å². The normalized spacial score (nSPS) is 26.0. The molecule has 1 aliphatic carbocycles. The first-order valence-electron chi connectivity index (χ1n) is 8.86. The molecule has 4 rings (SSSR count). The van der Waals surface area contributed by atoms with Crippen LogP contribution in [0.5, 0.6) is 0 Å². The van der Waals surface area contributed by atoms with Crippen molar-refractivity contribution in [1.29, 1.82) is 0 Å². The topological polar surface area (TPSA) is 30.3 Å². The van der Waals surface area contributed by atoms with Gasteiger partial charge in [-0.3, -0.25) is 4.90 Å². The van der Waals surface area contributed by atoms with Crippen molar-refractivity contribution in [2.45, 2.75) is 51.5 Å². The molecule has 0 saturated carbocycles. The standard InChI is InChI=1S/C18H27N3O/c1-14-19-17-6-2-3-7-18(17)21(14)16-8-9-20(12-16)11-15-5-4-10-22-13-15/h5,16H,2-4,6-13H2,1H3/t16-/m0/s1. The number of rotatable bonds is 3. The van der Waals surface area contributed by atoms with Gasteiger partial charge >= 0.3 is 0 Å². The van der Waals surface area contributed by atoms with Gasteiger partial charge in [-0.15, -0.1) is 0 Å². The lowest BCUT2D eigenvalue weighted by molar-refractivity contribution is 0.143. The molecule has 0 spiro atoms. The van der Waals surface area contributed by atoms with E-state index in [9.17, 15) is 0 Å². The number of hydrogen-bond acceptors (Lipinski definition) is 3. The number of imidazole rings is 1. The Labute approximate surface area is 133 Å². The van der Waals surface area contributed by atoms with Crippen molar-refractivity contribution in [3.63, 3.8) is 0 Å². The van der Waals surface area contributed by atoms with Crippen LogP contribution < -0.4 is 0 Å². The highest BCUT2D eigenvalue weighted by Crippen LogP contribution is 2.30. The predicted molar refractivity (Wildman–Crippen MR) is 87.2 cm³/mol. The fraction of sp³-hybridized carbons (Fsp3) is 0.722. The summed E-state index contributed by atoms with van der Waals surface area (Å²) in [5, 5.41) is 0. The highest BCUT2D eigenvalue weighted by atomic mass is 16.5. The Kier molecular flexibility index (Phi) is 4.05. The van der Waals surface area contributed by atoms with Crippen molar-refractivity contribution in [2.75, 3.05) is 32.8 Å². The number of aromatic nitrogens is 2. The number of hydrogen-bond donors (Lipinski definition) is 0. The summed E-state index contributed by atoms with van der Waals surface area (Å²) in [7, 11) is 0. The molecular formula is C18H27N3O. The number of likely N-dealkylation sites (tertiary alicyclic amines) is 1. The van der Waals surface area contributed by atoms with Crippen LogP contribution in [0.3, 0.4) is 0 Å². The average Bonchev–Trinajstić information content (AvgIpc) is 3.11. The van der Waals surface area contributed by atoms with Crippen LogP contribution in [0.15, 0.2) is 11.6 Å². The molecule has 1 aromatic rings. The van der Waals surface area contributed by atoms with E-state index in [1.807, 2.05) is 0 Å². The maximum absolute atomic E-state index is 5.57. The first kappa shape index (κ1) is 14.5. The van der Waals surface area contributed by atoms with Gasteiger partial charge in [-0.05, 0) is 51.0 Å². The molecule has 0 amide bonds. The molecular weight excluding hydrogens is 274 g/mol. The molecule has 120 valence electrons. The third kappa shape index (κ3) is 2.74. The average molecular weight is 301 g/mol. The van der Waals surface area contributed by atoms with Crippen molar-refractivity contribution in [3.8, 4) is 0 Å². The SMILES string of the molecule is Cc1nc2c(n1[C@H]1CCN(CC3=CCCOC3)C1)CCCC2. The third-order valence-electron chi connectivity index (χ3n) is 5.37. The summed E-state index contributed by atoms with van der Waals surface area (Å²) in [5.74, 6) is 1.24. The van der Waals surface area contributed by atoms with Gasteiger partial charge in [0.25, 0.3) is 0 Å². The molecule has 3 aliphatic rings. The third-order valence-corrected chi connectivity index (χ3v) is 5.37. The Morgan fingerprint density at radius 2 is 2.23 bits per heavy atom. The van der Waals surface area contributed by atoms with E-state index in [-0.39, 0.29) is 0 Å². The van der Waals surface area contributed by atoms with E-state index in [4.69, 9.17) is 9.72 Å². The van der Waals surface area contributed by atoms with E-state index < -0.39 is 0 Å². The first-order valence-corrected chi connectivity index (χ1v) is 8.86. The summed E-state index contributed by atoms with van der Waals surface area (Å²) in [4.78, 5) is 7.45. The van der Waals surface area contributed by atoms with Gasteiger partial charge < -0.3 is 9.30 Å². The number of nitrogens with zero attached hydrogens (tertiary/aromatic N) is 3. The van der Waals surface area contributed by atoms with Gasteiger partial charge in [0.2, 0.25) is 0 Å². The smallest absolute Gasteiger partial charge is 0.106 e. The summed E-state index contributed by atoms with van der Waals surface area (Å²) in [5.41, 5.74) is 4.39. The van der Waals surface area contributed by atoms with Crippen LogP contribution in [-0.2, 0) is 17.6 Å². The number of fused-ring (bicyclic) bond motifs is 1. The molecule has 3 heterocycles. The van der Waals surface area contributed by atoms with Gasteiger partial charge in [0.1, 0.15) is 5.82 Å². The number of aryl methyl sites for hydroxylation is 2. The van der Waals surface area contributed by atoms with Crippen molar-refractivity contribution in [3.05, 3.63) is 28.9 Å². The van der Waals surface area contributed by atoms with Gasteiger partial charge in [-0.1, -0.05) is 6.08 Å². The van der Waals surface area contributed by atoms with Gasteiger partial charge in [-0.25, -0.2) is 4.98 Å². The predicted octanol–water partition coefficient (Wildman–Crippen LogP) is 2.66. The van der Waals surface area contributed by atoms with E-state index in [1.165, 1.54) is 68.0 Å². The van der Waals surface area contributed by atoms with Crippen LogP contribution in [0.4, 0.5) is 0 Å². The molecule has 2 aliphatic heterocycles. The van der Waals surface area contributed by atoms with Crippen LogP contribution in [0.25, 0.3) is 0 Å². The minimum Gasteiger partial charge on any atom is -0.377 e. The van der Waals surface area contributed by atoms with Crippen molar-refractivity contribution in [1.82, 2.24) is 14.5 Å². The first-order chi connectivity index (χ1) is 10.8. The van der Waals surface area contributed by atoms with E-state index in [2.05, 4.69) is 22.5 Å². The minimum absolute atomic E-state index is 0.624. The monoisotopic (exact) mass is 301 g/mol. The Balaban J connectivity index is 1.46. The molecule has 0 N–H and O–H groups in total. The molecule has 4 nitrogen and oxygen atoms in total. The molecule has 1 aromatic heterocycles. The summed E-state index contributed by atoms with van der Waals surface area (Å²) < 4.78 is 8.14. The molecule has 4 heteroatoms. The van der Waals surface area contributed by atoms with E-state index >= 15 is 0 Å². The fourth-order valence-electron chi connectivity index (χ4n) is 4.36. The van der Waals surface area contributed by atoms with E-state index in [0.717, 1.165) is 26.2 Å². The molecule has 1 fully saturated rings. The van der Waals surface area contributed by atoms with Crippen LogP contribution in [-0.4, -0.2) is 47.3 Å². The second kappa shape index (κ2) is 6.17. The number of ether oxygens (including phenoxy) is 1. The second-order valence-electron chi connectivity index (χ2n) is 7.01. The van der Waals surface area contributed by atoms with Crippen LogP contribution in [0, 0.1) is 6.92 Å². The zero-order chi connectivity index (χ0) is 14.9. The van der Waals surface area contributed by atoms with Crippen LogP contribution in [0.1, 0.15) is 48.9 Å². The Hall–Kier alpha value is -1.13. The molecule has 0 aromatic carbocycles. The Bertz CT molecular complexity index is 575. The molecule has 1 saturated heterocycles. The maximum atomic E-state index is 5.57. The lowest BCUT2D eigenvalue weighted by Crippen LogP contribution is -2.27. The summed E-state index contributed by atoms with van der Waals surface area (Å²) >= 11 is 0. The van der Waals surface area contributed by atoms with Crippen molar-refractivity contribution >= 4 is 0 Å². The largest absolute Gasteiger partial charge is 0.377 e. The van der Waals surface area contributed by atoms with Crippen LogP contribution >= 0.6 is 0 Å². The quantitative estimate of drug-likeness (QED) is 0.804. The van der Waals surface area contributed by atoms with Gasteiger partial charge in [0, 0.05) is 31.4 Å². The molecule has 1 atom stereocenters. The minimum atomic E-state index is 0.624. The van der Waals surface area contributed by atoms with E-state index in [0.29, 0.717) is 6.04 Å². The molecule has 22 heavy (non-hydrogen) atoms. The Morgan fingerprint density at radius 1 is 1.32 bits per heavy atom. The fourth-order valence-corrected chi connectivity index (χ4v) is 4.36. The summed E-state index contributed by atoms with van der Waals surface area (Å²) in [6.07, 6.45) is 9.78. The Morgan fingerprint density at radius 3 is 3.09 bits per heavy atom. The lowest BCUT2D eigenvalue weighted by atomic mass is 10.0. The van der Waals surface area contributed by atoms with Gasteiger partial charge in [0.15, 0.2) is 0 Å². The highest BCUT2D eigenvalue weighted by molar-refractivity contribution is 5.21. The summed E-state index contributed by atoms with van der Waals surface area (Å²) in [6, 6.07) is 0.624. The van der Waals surface area contributed by atoms with Crippen LogP contribution in [0.2, 0.25) is 0 Å². The van der Waals surface area contributed by atoms with Crippen molar-refractivity contribution < 1.29 is 4.74 Å². The molecule has 0 bridgehead atoms. The summed E-state index contributed by atoms with van der Waals surface area (Å²) in [6.45, 7) is 7.38. The zero-order valence-electron chi connectivity index (χ0n) is 13.7. The maximum Gasteiger partial charge on any atom is 0.106 e. The molecule has 0 radical (unpaired) electrons. The molecule has 0 unspecified atom stereocenters.